The van der Waals surface area contributed by atoms with Crippen molar-refractivity contribution in [2.75, 3.05) is 26.0 Å². The third-order valence-corrected chi connectivity index (χ3v) is 4.33. The second-order valence-corrected chi connectivity index (χ2v) is 6.35. The van der Waals surface area contributed by atoms with Crippen molar-refractivity contribution < 1.29 is 0 Å². The molecule has 2 aromatic heterocycles. The molecule has 1 N–H and O–H groups in total. The molecule has 2 heterocycles. The summed E-state index contributed by atoms with van der Waals surface area (Å²) < 4.78 is 0. The van der Waals surface area contributed by atoms with E-state index in [1.807, 2.05) is 30.6 Å². The Morgan fingerprint density at radius 1 is 1.10 bits per heavy atom. The van der Waals surface area contributed by atoms with E-state index in [1.54, 1.807) is 0 Å². The molecular weight excluding hydrogens is 260 g/mol. The zero-order valence-electron chi connectivity index (χ0n) is 12.9. The Morgan fingerprint density at radius 3 is 2.67 bits per heavy atom. The lowest BCUT2D eigenvalue weighted by atomic mass is 9.85. The summed E-state index contributed by atoms with van der Waals surface area (Å²) in [6, 6.07) is 6.56. The molecule has 0 atom stereocenters. The van der Waals surface area contributed by atoms with Crippen LogP contribution in [-0.4, -0.2) is 41.5 Å². The SMILES string of the molecule is CN(C)C[C@H]1CC[C@H](Nc2ccnc3cccnc23)CC1. The minimum absolute atomic E-state index is 0.566. The molecule has 0 bridgehead atoms. The topological polar surface area (TPSA) is 41.0 Å². The number of hydrogen-bond acceptors (Lipinski definition) is 4. The molecule has 4 heteroatoms. The van der Waals surface area contributed by atoms with E-state index in [1.165, 1.54) is 32.2 Å². The number of pyridine rings is 2. The largest absolute Gasteiger partial charge is 0.380 e. The monoisotopic (exact) mass is 284 g/mol. The molecule has 4 nitrogen and oxygen atoms in total. The van der Waals surface area contributed by atoms with Gasteiger partial charge in [-0.1, -0.05) is 0 Å². The van der Waals surface area contributed by atoms with E-state index in [4.69, 9.17) is 0 Å². The average Bonchev–Trinajstić information content (AvgIpc) is 2.49. The molecule has 0 aromatic carbocycles. The van der Waals surface area contributed by atoms with Gasteiger partial charge in [-0.2, -0.15) is 0 Å². The summed E-state index contributed by atoms with van der Waals surface area (Å²) in [5.74, 6) is 0.852. The fourth-order valence-electron chi connectivity index (χ4n) is 3.32. The minimum atomic E-state index is 0.566. The molecule has 3 rings (SSSR count). The molecule has 0 spiro atoms. The maximum absolute atomic E-state index is 4.47. The van der Waals surface area contributed by atoms with Crippen LogP contribution in [0, 0.1) is 5.92 Å². The van der Waals surface area contributed by atoms with E-state index in [-0.39, 0.29) is 0 Å². The Kier molecular flexibility index (Phi) is 4.34. The van der Waals surface area contributed by atoms with E-state index < -0.39 is 0 Å². The Labute approximate surface area is 126 Å². The maximum atomic E-state index is 4.47. The zero-order chi connectivity index (χ0) is 14.7. The summed E-state index contributed by atoms with van der Waals surface area (Å²) in [4.78, 5) is 11.1. The van der Waals surface area contributed by atoms with Crippen molar-refractivity contribution >= 4 is 16.7 Å². The van der Waals surface area contributed by atoms with Gasteiger partial charge in [0.15, 0.2) is 0 Å². The van der Waals surface area contributed by atoms with E-state index in [9.17, 15) is 0 Å². The first-order valence-corrected chi connectivity index (χ1v) is 7.83. The van der Waals surface area contributed by atoms with E-state index >= 15 is 0 Å². The molecule has 0 amide bonds. The van der Waals surface area contributed by atoms with Gasteiger partial charge in [-0.05, 0) is 63.9 Å². The van der Waals surface area contributed by atoms with Crippen LogP contribution in [0.5, 0.6) is 0 Å². The first-order chi connectivity index (χ1) is 10.2. The van der Waals surface area contributed by atoms with Gasteiger partial charge in [0.1, 0.15) is 5.52 Å². The lowest BCUT2D eigenvalue weighted by molar-refractivity contribution is 0.255. The van der Waals surface area contributed by atoms with Crippen LogP contribution in [0.15, 0.2) is 30.6 Å². The number of anilines is 1. The smallest absolute Gasteiger partial charge is 0.112 e. The van der Waals surface area contributed by atoms with Gasteiger partial charge in [0.05, 0.1) is 11.2 Å². The van der Waals surface area contributed by atoms with Crippen LogP contribution in [0.4, 0.5) is 5.69 Å². The quantitative estimate of drug-likeness (QED) is 0.936. The maximum Gasteiger partial charge on any atom is 0.112 e. The molecule has 1 saturated carbocycles. The third kappa shape index (κ3) is 3.50. The molecular formula is C17H24N4. The summed E-state index contributed by atoms with van der Waals surface area (Å²) in [6.07, 6.45) is 8.82. The summed E-state index contributed by atoms with van der Waals surface area (Å²) in [5.41, 5.74) is 3.07. The standard InChI is InChI=1S/C17H24N4/c1-21(2)12-13-5-7-14(8-6-13)20-16-9-11-18-15-4-3-10-19-17(15)16/h3-4,9-11,13-14H,5-8,12H2,1-2H3,(H,18,20)/t13-,14-. The van der Waals surface area contributed by atoms with Gasteiger partial charge in [-0.3, -0.25) is 9.97 Å². The Hall–Kier alpha value is -1.68. The van der Waals surface area contributed by atoms with Crippen LogP contribution >= 0.6 is 0 Å². The van der Waals surface area contributed by atoms with Crippen molar-refractivity contribution in [1.29, 1.82) is 0 Å². The lowest BCUT2D eigenvalue weighted by Crippen LogP contribution is -2.31. The summed E-state index contributed by atoms with van der Waals surface area (Å²) >= 11 is 0. The highest BCUT2D eigenvalue weighted by molar-refractivity contribution is 5.86. The third-order valence-electron chi connectivity index (χ3n) is 4.33. The van der Waals surface area contributed by atoms with Crippen molar-refractivity contribution in [3.05, 3.63) is 30.6 Å². The number of nitrogens with one attached hydrogen (secondary N) is 1. The number of fused-ring (bicyclic) bond motifs is 1. The molecule has 2 aromatic rings. The number of aromatic nitrogens is 2. The first-order valence-electron chi connectivity index (χ1n) is 7.83. The van der Waals surface area contributed by atoms with Gasteiger partial charge >= 0.3 is 0 Å². The van der Waals surface area contributed by atoms with E-state index in [2.05, 4.69) is 34.3 Å². The summed E-state index contributed by atoms with van der Waals surface area (Å²) in [7, 11) is 4.33. The minimum Gasteiger partial charge on any atom is -0.380 e. The zero-order valence-corrected chi connectivity index (χ0v) is 12.9. The number of nitrogens with zero attached hydrogens (tertiary/aromatic N) is 3. The van der Waals surface area contributed by atoms with Crippen LogP contribution in [-0.2, 0) is 0 Å². The molecule has 21 heavy (non-hydrogen) atoms. The number of hydrogen-bond donors (Lipinski definition) is 1. The highest BCUT2D eigenvalue weighted by Gasteiger charge is 2.21. The highest BCUT2D eigenvalue weighted by Crippen LogP contribution is 2.28. The molecule has 0 radical (unpaired) electrons. The predicted molar refractivity (Wildman–Crippen MR) is 87.5 cm³/mol. The van der Waals surface area contributed by atoms with Gasteiger partial charge in [0.25, 0.3) is 0 Å². The van der Waals surface area contributed by atoms with Gasteiger partial charge < -0.3 is 10.2 Å². The molecule has 0 saturated heterocycles. The molecule has 1 aliphatic carbocycles. The van der Waals surface area contributed by atoms with Crippen LogP contribution in [0.2, 0.25) is 0 Å². The molecule has 0 aliphatic heterocycles. The first kappa shape index (κ1) is 14.3. The highest BCUT2D eigenvalue weighted by atomic mass is 15.1. The second-order valence-electron chi connectivity index (χ2n) is 6.35. The summed E-state index contributed by atoms with van der Waals surface area (Å²) in [5, 5.41) is 3.68. The molecule has 1 fully saturated rings. The van der Waals surface area contributed by atoms with Crippen LogP contribution < -0.4 is 5.32 Å². The van der Waals surface area contributed by atoms with E-state index in [0.717, 1.165) is 22.6 Å². The van der Waals surface area contributed by atoms with Crippen molar-refractivity contribution in [2.45, 2.75) is 31.7 Å². The van der Waals surface area contributed by atoms with Crippen LogP contribution in [0.25, 0.3) is 11.0 Å². The molecule has 112 valence electrons. The van der Waals surface area contributed by atoms with Crippen molar-refractivity contribution in [1.82, 2.24) is 14.9 Å². The van der Waals surface area contributed by atoms with Gasteiger partial charge in [0.2, 0.25) is 0 Å². The van der Waals surface area contributed by atoms with Crippen molar-refractivity contribution in [3.8, 4) is 0 Å². The fourth-order valence-corrected chi connectivity index (χ4v) is 3.32. The normalized spacial score (nSPS) is 22.6. The van der Waals surface area contributed by atoms with E-state index in [0.29, 0.717) is 6.04 Å². The van der Waals surface area contributed by atoms with Crippen molar-refractivity contribution in [2.24, 2.45) is 5.92 Å². The molecule has 0 unspecified atom stereocenters. The second kappa shape index (κ2) is 6.39. The van der Waals surface area contributed by atoms with Crippen molar-refractivity contribution in [3.63, 3.8) is 0 Å². The van der Waals surface area contributed by atoms with Gasteiger partial charge in [-0.25, -0.2) is 0 Å². The fraction of sp³-hybridized carbons (Fsp3) is 0.529. The van der Waals surface area contributed by atoms with Gasteiger partial charge in [0, 0.05) is 25.0 Å². The Morgan fingerprint density at radius 2 is 1.90 bits per heavy atom. The average molecular weight is 284 g/mol. The summed E-state index contributed by atoms with van der Waals surface area (Å²) in [6.45, 7) is 1.21. The van der Waals surface area contributed by atoms with Crippen LogP contribution in [0.1, 0.15) is 25.7 Å². The number of rotatable bonds is 4. The Balaban J connectivity index is 1.65. The van der Waals surface area contributed by atoms with Gasteiger partial charge in [-0.15, -0.1) is 0 Å². The lowest BCUT2D eigenvalue weighted by Gasteiger charge is -2.31. The van der Waals surface area contributed by atoms with Crippen LogP contribution in [0.3, 0.4) is 0 Å². The molecule has 1 aliphatic rings. The predicted octanol–water partition coefficient (Wildman–Crippen LogP) is 3.16. The Bertz CT molecular complexity index is 583.